The summed E-state index contributed by atoms with van der Waals surface area (Å²) in [5.74, 6) is 2.08. The van der Waals surface area contributed by atoms with Crippen molar-refractivity contribution < 1.29 is 28.5 Å². The lowest BCUT2D eigenvalue weighted by Gasteiger charge is -2.61. The average Bonchev–Trinajstić information content (AvgIpc) is 2.38. The zero-order valence-corrected chi connectivity index (χ0v) is 14.5. The van der Waals surface area contributed by atoms with Crippen LogP contribution in [0.25, 0.3) is 0 Å². The number of quaternary nitrogens is 1. The molecule has 2 nitrogen and oxygen atoms in total. The minimum Gasteiger partial charge on any atom is -1.00 e. The molecular weight excluding hydrogens is 347 g/mol. The van der Waals surface area contributed by atoms with E-state index < -0.39 is 0 Å². The second-order valence-electron chi connectivity index (χ2n) is 7.68. The first kappa shape index (κ1) is 14.6. The number of fused-ring (bicyclic) bond motifs is 2. The zero-order valence-electron chi connectivity index (χ0n) is 12.4. The van der Waals surface area contributed by atoms with Crippen molar-refractivity contribution in [1.29, 1.82) is 0 Å². The topological polar surface area (TPSA) is 3.24 Å². The Labute approximate surface area is 135 Å². The van der Waals surface area contributed by atoms with E-state index in [1.807, 2.05) is 0 Å². The number of piperidine rings is 4. The Hall–Kier alpha value is 0.650. The van der Waals surface area contributed by atoms with Gasteiger partial charge in [0.05, 0.1) is 26.2 Å². The van der Waals surface area contributed by atoms with Crippen LogP contribution in [0.1, 0.15) is 44.9 Å². The van der Waals surface area contributed by atoms with Gasteiger partial charge in [-0.1, -0.05) is 0 Å². The minimum atomic E-state index is 0. The standard InChI is InChI=1S/C16H29N2.HI/c1-18-11-3-2-8-15(18)14-7-5-10-17-9-4-6-13(12-18)16(14)17;/h13-16H,2-12H2,1H3;1H/q+1;/p-1/t13-,14+,15+,16-,18+;/m0./s1. The molecule has 0 spiro atoms. The molecule has 4 aliphatic heterocycles. The van der Waals surface area contributed by atoms with Crippen LogP contribution in [0.2, 0.25) is 0 Å². The van der Waals surface area contributed by atoms with Crippen LogP contribution in [0.5, 0.6) is 0 Å². The Morgan fingerprint density at radius 1 is 0.947 bits per heavy atom. The fourth-order valence-electron chi connectivity index (χ4n) is 6.12. The number of nitrogens with zero attached hydrogens (tertiary/aromatic N) is 2. The summed E-state index contributed by atoms with van der Waals surface area (Å²) in [6.07, 6.45) is 10.5. The van der Waals surface area contributed by atoms with E-state index >= 15 is 0 Å². The molecule has 0 saturated carbocycles. The molecule has 0 aromatic rings. The van der Waals surface area contributed by atoms with Crippen LogP contribution in [0.3, 0.4) is 0 Å². The summed E-state index contributed by atoms with van der Waals surface area (Å²) in [5.41, 5.74) is 0. The maximum absolute atomic E-state index is 2.89. The molecule has 0 unspecified atom stereocenters. The van der Waals surface area contributed by atoms with Crippen molar-refractivity contribution in [1.82, 2.24) is 4.90 Å². The van der Waals surface area contributed by atoms with E-state index in [9.17, 15) is 0 Å². The Morgan fingerprint density at radius 3 is 2.58 bits per heavy atom. The Bertz CT molecular complexity index is 331. The highest BCUT2D eigenvalue weighted by Crippen LogP contribution is 2.47. The highest BCUT2D eigenvalue weighted by molar-refractivity contribution is 4.98. The van der Waals surface area contributed by atoms with Gasteiger partial charge in [0.2, 0.25) is 0 Å². The van der Waals surface area contributed by atoms with Crippen LogP contribution in [0.4, 0.5) is 0 Å². The van der Waals surface area contributed by atoms with Gasteiger partial charge in [-0.05, 0) is 58.0 Å². The fourth-order valence-corrected chi connectivity index (χ4v) is 6.12. The largest absolute Gasteiger partial charge is 1.00 e. The highest BCUT2D eigenvalue weighted by atomic mass is 127. The van der Waals surface area contributed by atoms with Gasteiger partial charge in [-0.15, -0.1) is 0 Å². The molecule has 0 radical (unpaired) electrons. The lowest BCUT2D eigenvalue weighted by Crippen LogP contribution is -3.00. The van der Waals surface area contributed by atoms with E-state index in [1.54, 1.807) is 0 Å². The third-order valence-electron chi connectivity index (χ3n) is 6.71. The first-order chi connectivity index (χ1) is 8.78. The number of hydrogen-bond donors (Lipinski definition) is 0. The first-order valence-corrected chi connectivity index (χ1v) is 8.36. The average molecular weight is 376 g/mol. The summed E-state index contributed by atoms with van der Waals surface area (Å²) in [4.78, 5) is 2.89. The highest BCUT2D eigenvalue weighted by Gasteiger charge is 2.55. The molecule has 0 amide bonds. The molecule has 19 heavy (non-hydrogen) atoms. The summed E-state index contributed by atoms with van der Waals surface area (Å²) < 4.78 is 1.44. The smallest absolute Gasteiger partial charge is 0.0932 e. The third-order valence-corrected chi connectivity index (χ3v) is 6.71. The van der Waals surface area contributed by atoms with Gasteiger partial charge in [-0.3, -0.25) is 4.90 Å². The van der Waals surface area contributed by atoms with E-state index in [1.165, 1.54) is 75.6 Å². The molecule has 0 aliphatic carbocycles. The SMILES string of the molecule is C[N@+]12CCCC[C@@H]1[C@H]1CCCN3CCC[C@@H](C2)[C@@H]13.[I-]. The molecule has 0 aromatic carbocycles. The monoisotopic (exact) mass is 376 g/mol. The lowest BCUT2D eigenvalue weighted by molar-refractivity contribution is -0.952. The summed E-state index contributed by atoms with van der Waals surface area (Å²) in [5, 5.41) is 0. The van der Waals surface area contributed by atoms with E-state index in [0.29, 0.717) is 0 Å². The summed E-state index contributed by atoms with van der Waals surface area (Å²) in [6, 6.07) is 2.00. The van der Waals surface area contributed by atoms with Gasteiger partial charge < -0.3 is 28.5 Å². The summed E-state index contributed by atoms with van der Waals surface area (Å²) >= 11 is 0. The van der Waals surface area contributed by atoms with Crippen molar-refractivity contribution in [3.05, 3.63) is 0 Å². The van der Waals surface area contributed by atoms with Gasteiger partial charge in [0.15, 0.2) is 0 Å². The quantitative estimate of drug-likeness (QED) is 0.407. The molecular formula is C16H29IN2. The van der Waals surface area contributed by atoms with Crippen molar-refractivity contribution in [2.45, 2.75) is 57.0 Å². The molecule has 110 valence electrons. The van der Waals surface area contributed by atoms with Gasteiger partial charge in [0.25, 0.3) is 0 Å². The number of halogens is 1. The molecule has 0 N–H and O–H groups in total. The zero-order chi connectivity index (χ0) is 12.2. The van der Waals surface area contributed by atoms with E-state index in [-0.39, 0.29) is 24.0 Å². The molecule has 4 aliphatic rings. The normalized spacial score (nSPS) is 49.7. The van der Waals surface area contributed by atoms with E-state index in [4.69, 9.17) is 0 Å². The lowest BCUT2D eigenvalue weighted by atomic mass is 9.67. The maximum Gasteiger partial charge on any atom is 0.0932 e. The predicted molar refractivity (Wildman–Crippen MR) is 74.4 cm³/mol. The molecule has 4 heterocycles. The van der Waals surface area contributed by atoms with E-state index in [0.717, 1.165) is 23.9 Å². The minimum absolute atomic E-state index is 0. The predicted octanol–water partition coefficient (Wildman–Crippen LogP) is -0.506. The Kier molecular flexibility index (Phi) is 4.18. The van der Waals surface area contributed by atoms with Gasteiger partial charge >= 0.3 is 0 Å². The Balaban J connectivity index is 0.00000110. The molecule has 5 atom stereocenters. The van der Waals surface area contributed by atoms with Crippen LogP contribution in [-0.2, 0) is 0 Å². The third kappa shape index (κ3) is 2.28. The molecule has 3 heteroatoms. The van der Waals surface area contributed by atoms with Crippen LogP contribution >= 0.6 is 0 Å². The summed E-state index contributed by atoms with van der Waals surface area (Å²) in [7, 11) is 2.59. The van der Waals surface area contributed by atoms with Crippen LogP contribution in [0, 0.1) is 11.8 Å². The second kappa shape index (κ2) is 5.45. The number of hydrogen-bond acceptors (Lipinski definition) is 1. The number of rotatable bonds is 0. The first-order valence-electron chi connectivity index (χ1n) is 8.36. The van der Waals surface area contributed by atoms with Crippen molar-refractivity contribution in [2.24, 2.45) is 11.8 Å². The summed E-state index contributed by atoms with van der Waals surface area (Å²) in [6.45, 7) is 5.80. The molecule has 4 fully saturated rings. The van der Waals surface area contributed by atoms with Crippen molar-refractivity contribution in [3.8, 4) is 0 Å². The van der Waals surface area contributed by atoms with Gasteiger partial charge in [0.1, 0.15) is 0 Å². The molecule has 4 rings (SSSR count). The van der Waals surface area contributed by atoms with Crippen LogP contribution in [-0.4, -0.2) is 54.7 Å². The fraction of sp³-hybridized carbons (Fsp3) is 1.00. The van der Waals surface area contributed by atoms with Crippen molar-refractivity contribution >= 4 is 0 Å². The van der Waals surface area contributed by atoms with Gasteiger partial charge in [-0.25, -0.2) is 0 Å². The van der Waals surface area contributed by atoms with Gasteiger partial charge in [0, 0.05) is 17.9 Å². The molecule has 0 bridgehead atoms. The molecule has 0 aromatic heterocycles. The van der Waals surface area contributed by atoms with Gasteiger partial charge in [-0.2, -0.15) is 0 Å². The molecule has 4 saturated heterocycles. The Morgan fingerprint density at radius 2 is 1.74 bits per heavy atom. The van der Waals surface area contributed by atoms with Crippen LogP contribution in [0.15, 0.2) is 0 Å². The van der Waals surface area contributed by atoms with Crippen molar-refractivity contribution in [2.75, 3.05) is 33.2 Å². The second-order valence-corrected chi connectivity index (χ2v) is 7.68. The van der Waals surface area contributed by atoms with Crippen LogP contribution < -0.4 is 24.0 Å². The maximum atomic E-state index is 2.89. The van der Waals surface area contributed by atoms with E-state index in [2.05, 4.69) is 11.9 Å². The van der Waals surface area contributed by atoms with Crippen molar-refractivity contribution in [3.63, 3.8) is 0 Å².